The Kier molecular flexibility index (Phi) is 5.29. The number of anilines is 1. The van der Waals surface area contributed by atoms with Crippen LogP contribution in [0.1, 0.15) is 12.8 Å². The molecule has 4 rings (SSSR count). The van der Waals surface area contributed by atoms with Gasteiger partial charge >= 0.3 is 0 Å². The number of nitrogens with one attached hydrogen (secondary N) is 1. The van der Waals surface area contributed by atoms with Crippen molar-refractivity contribution in [3.05, 3.63) is 42.6 Å². The van der Waals surface area contributed by atoms with Gasteiger partial charge < -0.3 is 19.4 Å². The maximum Gasteiger partial charge on any atom is 0.251 e. The Balaban J connectivity index is 1.48. The number of pyridine rings is 1. The summed E-state index contributed by atoms with van der Waals surface area (Å²) in [5.41, 5.74) is 1.66. The molecule has 0 unspecified atom stereocenters. The Morgan fingerprint density at radius 3 is 2.63 bits per heavy atom. The molecule has 7 nitrogen and oxygen atoms in total. The van der Waals surface area contributed by atoms with Crippen LogP contribution in [0.3, 0.4) is 0 Å². The molecule has 1 N–H and O–H groups in total. The third-order valence-electron chi connectivity index (χ3n) is 4.72. The third-order valence-corrected chi connectivity index (χ3v) is 4.72. The lowest BCUT2D eigenvalue weighted by Gasteiger charge is -2.15. The second-order valence-electron chi connectivity index (χ2n) is 6.52. The van der Waals surface area contributed by atoms with E-state index in [0.717, 1.165) is 35.8 Å². The molecule has 0 bridgehead atoms. The van der Waals surface area contributed by atoms with Crippen molar-refractivity contribution in [1.82, 2.24) is 20.1 Å². The van der Waals surface area contributed by atoms with Crippen molar-refractivity contribution in [3.8, 4) is 28.7 Å². The topological polar surface area (TPSA) is 76.3 Å². The molecule has 1 aliphatic heterocycles. The summed E-state index contributed by atoms with van der Waals surface area (Å²) < 4.78 is 11.1. The van der Waals surface area contributed by atoms with Crippen molar-refractivity contribution in [2.75, 3.05) is 38.6 Å². The van der Waals surface area contributed by atoms with Gasteiger partial charge in [0.25, 0.3) is 5.89 Å². The van der Waals surface area contributed by atoms with E-state index < -0.39 is 0 Å². The molecule has 1 aliphatic rings. The standard InChI is InChI=1S/C20H23N5O2/c1-26-16-8-6-15(7-9-16)19-23-24-20(27-19)17-5-4-10-21-18(17)22-11-14-25-12-2-3-13-25/h4-10H,2-3,11-14H2,1H3,(H,21,22). The normalized spacial score (nSPS) is 14.4. The molecule has 3 heterocycles. The number of aromatic nitrogens is 3. The lowest BCUT2D eigenvalue weighted by Crippen LogP contribution is -2.26. The van der Waals surface area contributed by atoms with Crippen molar-refractivity contribution in [3.63, 3.8) is 0 Å². The van der Waals surface area contributed by atoms with Gasteiger partial charge in [0, 0.05) is 24.8 Å². The molecule has 0 spiro atoms. The number of hydrogen-bond acceptors (Lipinski definition) is 7. The molecule has 27 heavy (non-hydrogen) atoms. The predicted octanol–water partition coefficient (Wildman–Crippen LogP) is 3.31. The van der Waals surface area contributed by atoms with E-state index in [2.05, 4.69) is 25.4 Å². The zero-order chi connectivity index (χ0) is 18.5. The summed E-state index contributed by atoms with van der Waals surface area (Å²) >= 11 is 0. The van der Waals surface area contributed by atoms with E-state index in [1.807, 2.05) is 36.4 Å². The van der Waals surface area contributed by atoms with Crippen LogP contribution in [0.25, 0.3) is 22.9 Å². The Hall–Kier alpha value is -2.93. The average molecular weight is 365 g/mol. The first-order chi connectivity index (χ1) is 13.3. The molecule has 0 radical (unpaired) electrons. The number of ether oxygens (including phenoxy) is 1. The van der Waals surface area contributed by atoms with Crippen LogP contribution in [0.2, 0.25) is 0 Å². The minimum atomic E-state index is 0.456. The summed E-state index contributed by atoms with van der Waals surface area (Å²) in [6.45, 7) is 4.22. The zero-order valence-electron chi connectivity index (χ0n) is 15.4. The average Bonchev–Trinajstić information content (AvgIpc) is 3.41. The summed E-state index contributed by atoms with van der Waals surface area (Å²) in [5.74, 6) is 2.48. The van der Waals surface area contributed by atoms with Crippen molar-refractivity contribution >= 4 is 5.82 Å². The lowest BCUT2D eigenvalue weighted by atomic mass is 10.2. The van der Waals surface area contributed by atoms with Gasteiger partial charge in [0.15, 0.2) is 0 Å². The van der Waals surface area contributed by atoms with Gasteiger partial charge in [-0.3, -0.25) is 0 Å². The quantitative estimate of drug-likeness (QED) is 0.688. The fourth-order valence-corrected chi connectivity index (χ4v) is 3.24. The highest BCUT2D eigenvalue weighted by Crippen LogP contribution is 2.28. The Bertz CT molecular complexity index is 872. The van der Waals surface area contributed by atoms with Crippen LogP contribution in [-0.4, -0.2) is 53.4 Å². The van der Waals surface area contributed by atoms with E-state index in [9.17, 15) is 0 Å². The largest absolute Gasteiger partial charge is 0.497 e. The molecule has 0 aliphatic carbocycles. The predicted molar refractivity (Wildman–Crippen MR) is 104 cm³/mol. The number of likely N-dealkylation sites (tertiary alicyclic amines) is 1. The minimum Gasteiger partial charge on any atom is -0.497 e. The van der Waals surface area contributed by atoms with Crippen LogP contribution in [0.4, 0.5) is 5.82 Å². The van der Waals surface area contributed by atoms with Crippen LogP contribution in [-0.2, 0) is 0 Å². The summed E-state index contributed by atoms with van der Waals surface area (Å²) in [5, 5.41) is 11.8. The fourth-order valence-electron chi connectivity index (χ4n) is 3.24. The van der Waals surface area contributed by atoms with E-state index in [1.54, 1.807) is 13.3 Å². The van der Waals surface area contributed by atoms with Gasteiger partial charge in [-0.25, -0.2) is 4.98 Å². The Morgan fingerprint density at radius 2 is 1.85 bits per heavy atom. The first kappa shape index (κ1) is 17.5. The van der Waals surface area contributed by atoms with E-state index in [-0.39, 0.29) is 0 Å². The maximum atomic E-state index is 5.90. The minimum absolute atomic E-state index is 0.456. The van der Waals surface area contributed by atoms with Crippen molar-refractivity contribution in [2.45, 2.75) is 12.8 Å². The highest BCUT2D eigenvalue weighted by atomic mass is 16.5. The lowest BCUT2D eigenvalue weighted by molar-refractivity contribution is 0.352. The molecule has 2 aromatic heterocycles. The second-order valence-corrected chi connectivity index (χ2v) is 6.52. The molecule has 0 atom stereocenters. The van der Waals surface area contributed by atoms with E-state index >= 15 is 0 Å². The van der Waals surface area contributed by atoms with E-state index in [4.69, 9.17) is 9.15 Å². The molecule has 1 fully saturated rings. The molecule has 1 aromatic carbocycles. The van der Waals surface area contributed by atoms with Crippen LogP contribution < -0.4 is 10.1 Å². The van der Waals surface area contributed by atoms with Gasteiger partial charge in [-0.2, -0.15) is 0 Å². The highest BCUT2D eigenvalue weighted by molar-refractivity contribution is 5.69. The monoisotopic (exact) mass is 365 g/mol. The number of methoxy groups -OCH3 is 1. The van der Waals surface area contributed by atoms with Gasteiger partial charge in [0.1, 0.15) is 11.6 Å². The maximum absolute atomic E-state index is 5.90. The number of hydrogen-bond donors (Lipinski definition) is 1. The van der Waals surface area contributed by atoms with Crippen molar-refractivity contribution in [1.29, 1.82) is 0 Å². The second kappa shape index (κ2) is 8.18. The van der Waals surface area contributed by atoms with Gasteiger partial charge in [-0.05, 0) is 62.3 Å². The molecule has 0 amide bonds. The van der Waals surface area contributed by atoms with Crippen LogP contribution in [0.15, 0.2) is 47.0 Å². The Morgan fingerprint density at radius 1 is 1.07 bits per heavy atom. The molecular formula is C20H23N5O2. The zero-order valence-corrected chi connectivity index (χ0v) is 15.4. The van der Waals surface area contributed by atoms with Crippen LogP contribution in [0, 0.1) is 0 Å². The van der Waals surface area contributed by atoms with Crippen molar-refractivity contribution < 1.29 is 9.15 Å². The molecule has 0 saturated carbocycles. The van der Waals surface area contributed by atoms with Crippen LogP contribution in [0.5, 0.6) is 5.75 Å². The molecule has 140 valence electrons. The number of rotatable bonds is 7. The first-order valence-corrected chi connectivity index (χ1v) is 9.23. The van der Waals surface area contributed by atoms with Crippen LogP contribution >= 0.6 is 0 Å². The first-order valence-electron chi connectivity index (χ1n) is 9.23. The van der Waals surface area contributed by atoms with Gasteiger partial charge in [0.05, 0.1) is 12.7 Å². The van der Waals surface area contributed by atoms with Crippen molar-refractivity contribution in [2.24, 2.45) is 0 Å². The molecule has 1 saturated heterocycles. The molecular weight excluding hydrogens is 342 g/mol. The van der Waals surface area contributed by atoms with Gasteiger partial charge in [0.2, 0.25) is 5.89 Å². The van der Waals surface area contributed by atoms with Gasteiger partial charge in [-0.15, -0.1) is 10.2 Å². The SMILES string of the molecule is COc1ccc(-c2nnc(-c3cccnc3NCCN3CCCC3)o2)cc1. The fraction of sp³-hybridized carbons (Fsp3) is 0.350. The summed E-state index contributed by atoms with van der Waals surface area (Å²) in [4.78, 5) is 6.91. The van der Waals surface area contributed by atoms with E-state index in [0.29, 0.717) is 11.8 Å². The smallest absolute Gasteiger partial charge is 0.251 e. The summed E-state index contributed by atoms with van der Waals surface area (Å²) in [7, 11) is 1.64. The highest BCUT2D eigenvalue weighted by Gasteiger charge is 2.15. The van der Waals surface area contributed by atoms with Gasteiger partial charge in [-0.1, -0.05) is 0 Å². The summed E-state index contributed by atoms with van der Waals surface area (Å²) in [6, 6.07) is 11.3. The van der Waals surface area contributed by atoms with E-state index in [1.165, 1.54) is 25.9 Å². The number of benzene rings is 1. The third kappa shape index (κ3) is 4.09. The summed E-state index contributed by atoms with van der Waals surface area (Å²) in [6.07, 6.45) is 4.36. The Labute approximate surface area is 158 Å². The molecule has 7 heteroatoms. The number of nitrogens with zero attached hydrogens (tertiary/aromatic N) is 4. The molecule has 3 aromatic rings.